The van der Waals surface area contributed by atoms with Gasteiger partial charge >= 0.3 is 0 Å². The average molecular weight is 832 g/mol. The lowest BCUT2D eigenvalue weighted by molar-refractivity contribution is 0.473. The van der Waals surface area contributed by atoms with E-state index in [9.17, 15) is 5.11 Å². The van der Waals surface area contributed by atoms with Crippen molar-refractivity contribution in [1.29, 1.82) is 0 Å². The second kappa shape index (κ2) is 15.1. The van der Waals surface area contributed by atoms with Gasteiger partial charge in [0, 0.05) is 33.2 Å². The molecule has 6 nitrogen and oxygen atoms in total. The minimum atomic E-state index is 0.122. The van der Waals surface area contributed by atoms with E-state index >= 15 is 0 Å². The summed E-state index contributed by atoms with van der Waals surface area (Å²) in [5.41, 5.74) is 14.9. The van der Waals surface area contributed by atoms with Gasteiger partial charge in [0.1, 0.15) is 21.4 Å². The van der Waals surface area contributed by atoms with Crippen molar-refractivity contribution in [2.75, 3.05) is 0 Å². The Balaban J connectivity index is 1.18. The Bertz CT molecular complexity index is 3690. The first-order chi connectivity index (χ1) is 31.9. The number of aryl methyl sites for hydroxylation is 2. The number of phenolic OH excluding ortho intramolecular Hbond substituents is 1. The maximum absolute atomic E-state index is 12.0. The fourth-order valence-electron chi connectivity index (χ4n) is 10.1. The number of aromatic hydroxyl groups is 1. The van der Waals surface area contributed by atoms with Crippen LogP contribution >= 0.6 is 0 Å². The predicted molar refractivity (Wildman–Crippen MR) is 268 cm³/mol. The predicted octanol–water partition coefficient (Wildman–Crippen LogP) is 11.3. The molecule has 0 bridgehead atoms. The highest BCUT2D eigenvalue weighted by Crippen LogP contribution is 2.48. The van der Waals surface area contributed by atoms with E-state index in [0.717, 1.165) is 90.5 Å². The topological polar surface area (TPSA) is 68.8 Å². The van der Waals surface area contributed by atoms with Crippen LogP contribution < -0.4 is 10.9 Å². The van der Waals surface area contributed by atoms with Crippen LogP contribution in [-0.2, 0) is 12.8 Å². The smallest absolute Gasteiger partial charge is 0.238 e. The molecule has 0 fully saturated rings. The number of hydrogen-bond donors (Lipinski definition) is 1. The van der Waals surface area contributed by atoms with E-state index in [0.29, 0.717) is 39.6 Å². The zero-order valence-corrected chi connectivity index (χ0v) is 35.9. The molecule has 11 aromatic rings. The summed E-state index contributed by atoms with van der Waals surface area (Å²) >= 11 is 0. The van der Waals surface area contributed by atoms with Crippen LogP contribution in [0.4, 0.5) is 0 Å². The molecular formula is C57H39B2N5O. The van der Waals surface area contributed by atoms with Crippen molar-refractivity contribution in [3.8, 4) is 73.8 Å². The number of benzene rings is 8. The first kappa shape index (κ1) is 38.7. The number of phenols is 1. The average Bonchev–Trinajstić information content (AvgIpc) is 3.89. The number of para-hydroxylation sites is 2. The molecule has 4 radical (unpaired) electrons. The first-order valence-electron chi connectivity index (χ1n) is 22.0. The molecule has 0 atom stereocenters. The van der Waals surface area contributed by atoms with Crippen molar-refractivity contribution in [2.45, 2.75) is 26.7 Å². The van der Waals surface area contributed by atoms with Crippen molar-refractivity contribution in [3.05, 3.63) is 192 Å². The van der Waals surface area contributed by atoms with Crippen LogP contribution in [0.3, 0.4) is 0 Å². The molecular weight excluding hydrogens is 792 g/mol. The zero-order chi connectivity index (χ0) is 43.9. The molecule has 8 aromatic carbocycles. The minimum Gasteiger partial charge on any atom is -0.507 e. The summed E-state index contributed by atoms with van der Waals surface area (Å²) < 4.78 is 4.63. The van der Waals surface area contributed by atoms with Gasteiger partial charge in [-0.05, 0) is 95.1 Å². The van der Waals surface area contributed by atoms with E-state index in [-0.39, 0.29) is 5.75 Å². The Morgan fingerprint density at radius 1 is 0.477 bits per heavy atom. The van der Waals surface area contributed by atoms with Crippen LogP contribution in [0.1, 0.15) is 22.3 Å². The standard InChI is InChI=1S/C57H39B2N5O/c1-33-34(2)54(65)49(51(59)50(33)58)46-32-38(28-29-40(46)35-16-5-3-6-17-35)63-47-26-13-11-23-41(47)43-30-31-44-42-24-12-14-27-48(42)64(53(44)52(43)63)57-61-55(37-19-7-4-8-20-37)60-56(62-57)45-25-15-21-36-18-9-10-22-39(36)45/h3-29,32,65H,30-31H2,1-2H3. The third-order valence-corrected chi connectivity index (χ3v) is 13.4. The lowest BCUT2D eigenvalue weighted by Gasteiger charge is -2.23. The summed E-state index contributed by atoms with van der Waals surface area (Å²) in [5, 5.41) is 16.5. The van der Waals surface area contributed by atoms with Gasteiger partial charge in [-0.15, -0.1) is 0 Å². The van der Waals surface area contributed by atoms with Gasteiger partial charge in [-0.3, -0.25) is 4.57 Å². The van der Waals surface area contributed by atoms with Gasteiger partial charge < -0.3 is 9.67 Å². The first-order valence-corrected chi connectivity index (χ1v) is 22.0. The van der Waals surface area contributed by atoms with Gasteiger partial charge in [0.25, 0.3) is 0 Å². The molecule has 1 aliphatic carbocycles. The highest BCUT2D eigenvalue weighted by Gasteiger charge is 2.33. The van der Waals surface area contributed by atoms with E-state index < -0.39 is 0 Å². The molecule has 1 aliphatic rings. The third-order valence-electron chi connectivity index (χ3n) is 13.4. The summed E-state index contributed by atoms with van der Waals surface area (Å²) in [6, 6.07) is 58.7. The van der Waals surface area contributed by atoms with Crippen molar-refractivity contribution in [2.24, 2.45) is 0 Å². The summed E-state index contributed by atoms with van der Waals surface area (Å²) in [5.74, 6) is 1.84. The summed E-state index contributed by atoms with van der Waals surface area (Å²) in [6.45, 7) is 3.79. The van der Waals surface area contributed by atoms with E-state index in [1.54, 1.807) is 0 Å². The molecule has 0 saturated carbocycles. The lowest BCUT2D eigenvalue weighted by Crippen LogP contribution is -2.31. The number of hydrogen-bond acceptors (Lipinski definition) is 4. The van der Waals surface area contributed by atoms with Gasteiger partial charge in [-0.2, -0.15) is 9.97 Å². The molecule has 0 spiro atoms. The molecule has 0 aliphatic heterocycles. The lowest BCUT2D eigenvalue weighted by atomic mass is 9.71. The number of nitrogens with zero attached hydrogens (tertiary/aromatic N) is 5. The second-order valence-electron chi connectivity index (χ2n) is 16.9. The third kappa shape index (κ3) is 6.01. The van der Waals surface area contributed by atoms with Crippen LogP contribution in [0.25, 0.3) is 101 Å². The SMILES string of the molecule is [B]c1c([B])c(-c2cc(-n3c4c(c5ccccc53)CCc3c-4n(-c4nc(-c5ccccc5)nc(-c5cccc6ccccc56)n4)c4ccccc34)ccc2-c2ccccc2)c(O)c(C)c1C. The van der Waals surface area contributed by atoms with Crippen molar-refractivity contribution in [1.82, 2.24) is 24.1 Å². The molecule has 3 aromatic heterocycles. The molecule has 0 saturated heterocycles. The molecule has 304 valence electrons. The maximum atomic E-state index is 12.0. The van der Waals surface area contributed by atoms with Crippen LogP contribution in [-0.4, -0.2) is 44.9 Å². The molecule has 0 unspecified atom stereocenters. The molecule has 1 N–H and O–H groups in total. The molecule has 3 heterocycles. The Morgan fingerprint density at radius 2 is 1.05 bits per heavy atom. The van der Waals surface area contributed by atoms with Crippen LogP contribution in [0.2, 0.25) is 0 Å². The van der Waals surface area contributed by atoms with Gasteiger partial charge in [0.05, 0.1) is 22.4 Å². The van der Waals surface area contributed by atoms with E-state index in [1.165, 1.54) is 16.5 Å². The van der Waals surface area contributed by atoms with Gasteiger partial charge in [0.2, 0.25) is 5.95 Å². The van der Waals surface area contributed by atoms with Gasteiger partial charge in [0.15, 0.2) is 11.6 Å². The second-order valence-corrected chi connectivity index (χ2v) is 16.9. The Kier molecular flexibility index (Phi) is 8.99. The fourth-order valence-corrected chi connectivity index (χ4v) is 10.1. The summed E-state index contributed by atoms with van der Waals surface area (Å²) in [4.78, 5) is 16.0. The normalized spacial score (nSPS) is 12.2. The monoisotopic (exact) mass is 831 g/mol. The molecule has 12 rings (SSSR count). The Morgan fingerprint density at radius 3 is 1.75 bits per heavy atom. The van der Waals surface area contributed by atoms with Gasteiger partial charge in [-0.25, -0.2) is 4.98 Å². The molecule has 65 heavy (non-hydrogen) atoms. The van der Waals surface area contributed by atoms with Crippen molar-refractivity contribution < 1.29 is 5.11 Å². The Labute approximate surface area is 379 Å². The van der Waals surface area contributed by atoms with Crippen molar-refractivity contribution >= 4 is 59.2 Å². The zero-order valence-electron chi connectivity index (χ0n) is 35.9. The minimum absolute atomic E-state index is 0.122. The van der Waals surface area contributed by atoms with Gasteiger partial charge in [-0.1, -0.05) is 162 Å². The largest absolute Gasteiger partial charge is 0.507 e. The molecule has 0 amide bonds. The van der Waals surface area contributed by atoms with Crippen LogP contribution in [0.5, 0.6) is 5.75 Å². The maximum Gasteiger partial charge on any atom is 0.238 e. The van der Waals surface area contributed by atoms with E-state index in [2.05, 4.69) is 143 Å². The summed E-state index contributed by atoms with van der Waals surface area (Å²) in [6.07, 6.45) is 1.68. The highest BCUT2D eigenvalue weighted by molar-refractivity contribution is 6.52. The Hall–Kier alpha value is -7.96. The van der Waals surface area contributed by atoms with Crippen LogP contribution in [0.15, 0.2) is 170 Å². The van der Waals surface area contributed by atoms with Crippen LogP contribution in [0, 0.1) is 13.8 Å². The van der Waals surface area contributed by atoms with E-state index in [4.69, 9.17) is 30.6 Å². The van der Waals surface area contributed by atoms with Crippen molar-refractivity contribution in [3.63, 3.8) is 0 Å². The number of aromatic nitrogens is 5. The summed E-state index contributed by atoms with van der Waals surface area (Å²) in [7, 11) is 13.6. The highest BCUT2D eigenvalue weighted by atomic mass is 16.3. The number of fused-ring (bicyclic) bond motifs is 8. The molecule has 8 heteroatoms. The number of rotatable bonds is 6. The quantitative estimate of drug-likeness (QED) is 0.170. The fraction of sp³-hybridized carbons (Fsp3) is 0.0702. The van der Waals surface area contributed by atoms with E-state index in [1.807, 2.05) is 50.2 Å².